The van der Waals surface area contributed by atoms with Crippen LogP contribution in [0.4, 0.5) is 5.69 Å². The van der Waals surface area contributed by atoms with Crippen molar-refractivity contribution in [3.63, 3.8) is 0 Å². The Bertz CT molecular complexity index is 1080. The number of aryl methyl sites for hydroxylation is 1. The summed E-state index contributed by atoms with van der Waals surface area (Å²) in [5, 5.41) is 29.7. The summed E-state index contributed by atoms with van der Waals surface area (Å²) in [6.45, 7) is 2.03. The molecule has 0 radical (unpaired) electrons. The number of benzene rings is 2. The van der Waals surface area contributed by atoms with Crippen molar-refractivity contribution in [1.29, 1.82) is 15.8 Å². The predicted molar refractivity (Wildman–Crippen MR) is 93.8 cm³/mol. The summed E-state index contributed by atoms with van der Waals surface area (Å²) < 4.78 is 0. The summed E-state index contributed by atoms with van der Waals surface area (Å²) in [6, 6.07) is 18.6. The molecule has 2 N–H and O–H groups in total. The minimum absolute atomic E-state index is 0.0809. The van der Waals surface area contributed by atoms with Gasteiger partial charge < -0.3 is 10.3 Å². The molecule has 6 nitrogen and oxygen atoms in total. The van der Waals surface area contributed by atoms with Crippen LogP contribution < -0.4 is 5.32 Å². The van der Waals surface area contributed by atoms with Gasteiger partial charge in [0, 0.05) is 11.3 Å². The average molecular weight is 324 g/mol. The van der Waals surface area contributed by atoms with Crippen LogP contribution in [0.2, 0.25) is 0 Å². The molecular formula is C19H12N6. The molecule has 3 aromatic rings. The Kier molecular flexibility index (Phi) is 4.16. The predicted octanol–water partition coefficient (Wildman–Crippen LogP) is 3.78. The van der Waals surface area contributed by atoms with Crippen LogP contribution in [-0.4, -0.2) is 9.97 Å². The number of aromatic amines is 1. The third-order valence-corrected chi connectivity index (χ3v) is 3.66. The van der Waals surface area contributed by atoms with E-state index in [1.165, 1.54) is 5.56 Å². The minimum atomic E-state index is -0.257. The topological polar surface area (TPSA) is 112 Å². The summed E-state index contributed by atoms with van der Waals surface area (Å²) >= 11 is 0. The van der Waals surface area contributed by atoms with E-state index < -0.39 is 0 Å². The molecule has 0 saturated heterocycles. The molecule has 0 aliphatic rings. The second-order valence-corrected chi connectivity index (χ2v) is 5.39. The van der Waals surface area contributed by atoms with Crippen molar-refractivity contribution in [3.8, 4) is 29.6 Å². The zero-order valence-electron chi connectivity index (χ0n) is 13.3. The van der Waals surface area contributed by atoms with Crippen molar-refractivity contribution in [2.45, 2.75) is 6.92 Å². The van der Waals surface area contributed by atoms with E-state index in [1.54, 1.807) is 30.3 Å². The Morgan fingerprint density at radius 2 is 1.72 bits per heavy atom. The van der Waals surface area contributed by atoms with E-state index in [0.29, 0.717) is 5.69 Å². The molecule has 1 aromatic heterocycles. The Morgan fingerprint density at radius 1 is 1.00 bits per heavy atom. The molecule has 6 heteroatoms. The van der Waals surface area contributed by atoms with Crippen LogP contribution in [0.5, 0.6) is 0 Å². The van der Waals surface area contributed by atoms with Gasteiger partial charge in [-0.3, -0.25) is 0 Å². The maximum absolute atomic E-state index is 9.12. The van der Waals surface area contributed by atoms with Crippen molar-refractivity contribution in [2.75, 3.05) is 5.32 Å². The van der Waals surface area contributed by atoms with Gasteiger partial charge in [0.2, 0.25) is 0 Å². The monoisotopic (exact) mass is 324 g/mol. The van der Waals surface area contributed by atoms with E-state index in [0.717, 1.165) is 22.4 Å². The third-order valence-electron chi connectivity index (χ3n) is 3.66. The Balaban J connectivity index is 1.98. The summed E-state index contributed by atoms with van der Waals surface area (Å²) in [4.78, 5) is 7.80. The zero-order chi connectivity index (χ0) is 17.8. The Labute approximate surface area is 144 Å². The second-order valence-electron chi connectivity index (χ2n) is 5.39. The summed E-state index contributed by atoms with van der Waals surface area (Å²) in [5.41, 5.74) is 3.97. The molecule has 0 fully saturated rings. The van der Waals surface area contributed by atoms with Gasteiger partial charge in [-0.15, -0.1) is 0 Å². The smallest absolute Gasteiger partial charge is 0.163 e. The van der Waals surface area contributed by atoms with E-state index in [-0.39, 0.29) is 11.3 Å². The Morgan fingerprint density at radius 3 is 2.36 bits per heavy atom. The molecule has 2 aromatic carbocycles. The van der Waals surface area contributed by atoms with Crippen molar-refractivity contribution in [3.05, 3.63) is 59.3 Å². The van der Waals surface area contributed by atoms with E-state index in [9.17, 15) is 0 Å². The van der Waals surface area contributed by atoms with Crippen LogP contribution >= 0.6 is 0 Å². The SMILES string of the molecule is Cc1ccc(-c2nc3ccc(NC(C#N)=C(C#N)C#N)cc3[nH]2)cc1. The van der Waals surface area contributed by atoms with Gasteiger partial charge >= 0.3 is 0 Å². The summed E-state index contributed by atoms with van der Waals surface area (Å²) in [5.74, 6) is 0.748. The first-order chi connectivity index (χ1) is 12.1. The van der Waals surface area contributed by atoms with Crippen LogP contribution in [0.25, 0.3) is 22.4 Å². The number of anilines is 1. The second kappa shape index (κ2) is 6.58. The fourth-order valence-electron chi connectivity index (χ4n) is 2.36. The first-order valence-electron chi connectivity index (χ1n) is 7.43. The van der Waals surface area contributed by atoms with Gasteiger partial charge in [0.15, 0.2) is 5.57 Å². The number of rotatable bonds is 3. The van der Waals surface area contributed by atoms with E-state index in [2.05, 4.69) is 15.3 Å². The van der Waals surface area contributed by atoms with Gasteiger partial charge in [-0.25, -0.2) is 4.98 Å². The van der Waals surface area contributed by atoms with Crippen LogP contribution in [0.3, 0.4) is 0 Å². The Hall–Kier alpha value is -4.08. The third kappa shape index (κ3) is 3.17. The van der Waals surface area contributed by atoms with Gasteiger partial charge in [0.25, 0.3) is 0 Å². The number of allylic oxidation sites excluding steroid dienone is 2. The number of nitrogens with one attached hydrogen (secondary N) is 2. The molecule has 0 aliphatic heterocycles. The lowest BCUT2D eigenvalue weighted by Crippen LogP contribution is -2.00. The summed E-state index contributed by atoms with van der Waals surface area (Å²) in [6.07, 6.45) is 0. The zero-order valence-corrected chi connectivity index (χ0v) is 13.3. The fourth-order valence-corrected chi connectivity index (χ4v) is 2.36. The van der Waals surface area contributed by atoms with Gasteiger partial charge in [-0.05, 0) is 25.1 Å². The number of fused-ring (bicyclic) bond motifs is 1. The number of H-pyrrole nitrogens is 1. The summed E-state index contributed by atoms with van der Waals surface area (Å²) in [7, 11) is 0. The number of aromatic nitrogens is 2. The number of nitrogens with zero attached hydrogens (tertiary/aromatic N) is 4. The van der Waals surface area contributed by atoms with Crippen LogP contribution in [0.1, 0.15) is 5.56 Å². The molecule has 0 saturated carbocycles. The molecule has 0 spiro atoms. The maximum atomic E-state index is 9.12. The highest BCUT2D eigenvalue weighted by Gasteiger charge is 2.09. The standard InChI is InChI=1S/C19H12N6/c1-12-2-4-13(5-3-12)19-24-16-7-6-15(8-17(16)25-19)23-18(11-22)14(9-20)10-21/h2-8,23H,1H3,(H,24,25). The van der Waals surface area contributed by atoms with E-state index in [1.807, 2.05) is 37.3 Å². The lowest BCUT2D eigenvalue weighted by atomic mass is 10.1. The lowest BCUT2D eigenvalue weighted by molar-refractivity contribution is 1.33. The molecular weight excluding hydrogens is 312 g/mol. The molecule has 0 bridgehead atoms. The van der Waals surface area contributed by atoms with Gasteiger partial charge in [0.1, 0.15) is 29.7 Å². The number of hydrogen-bond donors (Lipinski definition) is 2. The first kappa shape index (κ1) is 15.8. The van der Waals surface area contributed by atoms with Crippen molar-refractivity contribution in [1.82, 2.24) is 9.97 Å². The first-order valence-corrected chi connectivity index (χ1v) is 7.43. The highest BCUT2D eigenvalue weighted by Crippen LogP contribution is 2.24. The molecule has 0 unspecified atom stereocenters. The van der Waals surface area contributed by atoms with E-state index in [4.69, 9.17) is 15.8 Å². The maximum Gasteiger partial charge on any atom is 0.163 e. The molecule has 3 rings (SSSR count). The fraction of sp³-hybridized carbons (Fsp3) is 0.0526. The van der Waals surface area contributed by atoms with Gasteiger partial charge in [-0.1, -0.05) is 29.8 Å². The van der Waals surface area contributed by atoms with Gasteiger partial charge in [-0.2, -0.15) is 15.8 Å². The van der Waals surface area contributed by atoms with Crippen LogP contribution in [0.15, 0.2) is 53.7 Å². The molecule has 118 valence electrons. The average Bonchev–Trinajstić information content (AvgIpc) is 3.05. The highest BCUT2D eigenvalue weighted by molar-refractivity contribution is 5.83. The van der Waals surface area contributed by atoms with Crippen molar-refractivity contribution < 1.29 is 0 Å². The highest BCUT2D eigenvalue weighted by atomic mass is 14.9. The van der Waals surface area contributed by atoms with Crippen molar-refractivity contribution >= 4 is 16.7 Å². The lowest BCUT2D eigenvalue weighted by Gasteiger charge is -2.03. The number of imidazole rings is 1. The van der Waals surface area contributed by atoms with Gasteiger partial charge in [0.05, 0.1) is 11.0 Å². The molecule has 1 heterocycles. The van der Waals surface area contributed by atoms with E-state index >= 15 is 0 Å². The normalized spacial score (nSPS) is 9.68. The molecule has 25 heavy (non-hydrogen) atoms. The van der Waals surface area contributed by atoms with Crippen LogP contribution in [-0.2, 0) is 0 Å². The largest absolute Gasteiger partial charge is 0.345 e. The number of nitriles is 3. The molecule has 0 aliphatic carbocycles. The molecule has 0 atom stereocenters. The van der Waals surface area contributed by atoms with Crippen LogP contribution in [0, 0.1) is 40.9 Å². The van der Waals surface area contributed by atoms with Crippen molar-refractivity contribution in [2.24, 2.45) is 0 Å². The molecule has 0 amide bonds. The minimum Gasteiger partial charge on any atom is -0.345 e. The number of hydrogen-bond acceptors (Lipinski definition) is 5. The quantitative estimate of drug-likeness (QED) is 0.712.